The molecule has 0 bridgehead atoms. The maximum absolute atomic E-state index is 11.5. The Morgan fingerprint density at radius 2 is 1.71 bits per heavy atom. The first kappa shape index (κ1) is 35.8. The zero-order valence-corrected chi connectivity index (χ0v) is 26.5. The molecular weight excluding hydrogens is 584 g/mol. The topological polar surface area (TPSA) is 190 Å². The van der Waals surface area contributed by atoms with Gasteiger partial charge in [-0.3, -0.25) is 0 Å². The lowest BCUT2D eigenvalue weighted by Crippen LogP contribution is -2.64. The minimum absolute atomic E-state index is 0.0298. The van der Waals surface area contributed by atoms with Crippen LogP contribution in [-0.2, 0) is 15.9 Å². The van der Waals surface area contributed by atoms with Gasteiger partial charge in [0.25, 0.3) is 0 Å². The van der Waals surface area contributed by atoms with E-state index in [0.29, 0.717) is 12.0 Å². The van der Waals surface area contributed by atoms with Crippen LogP contribution in [0, 0.1) is 11.8 Å². The van der Waals surface area contributed by atoms with Crippen molar-refractivity contribution in [2.45, 2.75) is 127 Å². The number of allylic oxidation sites excluding steroid dienone is 3. The van der Waals surface area contributed by atoms with Crippen LogP contribution in [0.1, 0.15) is 76.3 Å². The normalized spacial score (nSPS) is 37.2. The Morgan fingerprint density at radius 1 is 0.978 bits per heavy atom. The number of phenols is 1. The van der Waals surface area contributed by atoms with Crippen LogP contribution in [0.2, 0.25) is 0 Å². The molecule has 3 aliphatic rings. The van der Waals surface area contributed by atoms with Crippen LogP contribution in [0.25, 0.3) is 0 Å². The van der Waals surface area contributed by atoms with Crippen LogP contribution in [0.4, 0.5) is 0 Å². The molecule has 254 valence electrons. The third-order valence-corrected chi connectivity index (χ3v) is 9.69. The molecule has 1 aromatic rings. The number of benzene rings is 1. The molecule has 2 fully saturated rings. The summed E-state index contributed by atoms with van der Waals surface area (Å²) in [6, 6.07) is 3.58. The molecule has 8 N–H and O–H groups in total. The summed E-state index contributed by atoms with van der Waals surface area (Å²) in [6.07, 6.45) is -5.63. The highest BCUT2D eigenvalue weighted by Crippen LogP contribution is 2.47. The molecule has 2 aliphatic carbocycles. The molecule has 1 aromatic carbocycles. The zero-order chi connectivity index (χ0) is 33.0. The SMILES string of the molecule is C=C(C)[C@@H]1CCC(C)=C[C@H]1c1c(O)cc(CCCCC)cc1O[C@@H]1O[C@H](CO)[C@@H](O)[C@H](O[C@@H]2C[C@H](CO)[C@@H](O)[C@H](O)[C@H]2O)[C@H]1O. The highest BCUT2D eigenvalue weighted by molar-refractivity contribution is 5.52. The predicted octanol–water partition coefficient (Wildman–Crippen LogP) is 1.81. The van der Waals surface area contributed by atoms with E-state index in [9.17, 15) is 40.9 Å². The van der Waals surface area contributed by atoms with Gasteiger partial charge in [0.2, 0.25) is 6.29 Å². The third-order valence-electron chi connectivity index (χ3n) is 9.69. The maximum Gasteiger partial charge on any atom is 0.229 e. The van der Waals surface area contributed by atoms with Crippen molar-refractivity contribution in [3.8, 4) is 11.5 Å². The lowest BCUT2D eigenvalue weighted by molar-refractivity contribution is -0.303. The minimum atomic E-state index is -1.63. The van der Waals surface area contributed by atoms with E-state index in [2.05, 4.69) is 19.6 Å². The molecule has 1 saturated carbocycles. The van der Waals surface area contributed by atoms with Gasteiger partial charge in [0, 0.05) is 24.0 Å². The maximum atomic E-state index is 11.5. The Hall–Kier alpha value is -2.06. The highest BCUT2D eigenvalue weighted by Gasteiger charge is 2.51. The fraction of sp³-hybridized carbons (Fsp3) is 0.706. The Kier molecular flexibility index (Phi) is 12.5. The van der Waals surface area contributed by atoms with Crippen molar-refractivity contribution in [1.29, 1.82) is 0 Å². The van der Waals surface area contributed by atoms with E-state index in [1.54, 1.807) is 6.07 Å². The second-order valence-corrected chi connectivity index (χ2v) is 13.1. The van der Waals surface area contributed by atoms with Gasteiger partial charge in [0.1, 0.15) is 48.1 Å². The Morgan fingerprint density at radius 3 is 2.36 bits per heavy atom. The monoisotopic (exact) mass is 636 g/mol. The van der Waals surface area contributed by atoms with Gasteiger partial charge in [0.05, 0.1) is 18.8 Å². The van der Waals surface area contributed by atoms with Crippen LogP contribution >= 0.6 is 0 Å². The van der Waals surface area contributed by atoms with E-state index in [1.165, 1.54) is 5.57 Å². The molecule has 1 saturated heterocycles. The van der Waals surface area contributed by atoms with E-state index in [1.807, 2.05) is 19.9 Å². The van der Waals surface area contributed by atoms with Gasteiger partial charge in [-0.1, -0.05) is 43.6 Å². The van der Waals surface area contributed by atoms with E-state index < -0.39 is 74.3 Å². The van der Waals surface area contributed by atoms with Crippen molar-refractivity contribution in [2.24, 2.45) is 11.8 Å². The van der Waals surface area contributed by atoms with E-state index in [0.717, 1.165) is 43.2 Å². The first-order valence-electron chi connectivity index (χ1n) is 16.2. The lowest BCUT2D eigenvalue weighted by atomic mass is 9.73. The van der Waals surface area contributed by atoms with Gasteiger partial charge in [-0.05, 0) is 69.6 Å². The van der Waals surface area contributed by atoms with Crippen molar-refractivity contribution in [2.75, 3.05) is 13.2 Å². The largest absolute Gasteiger partial charge is 0.507 e. The number of aliphatic hydroxyl groups is 7. The van der Waals surface area contributed by atoms with Crippen LogP contribution < -0.4 is 4.74 Å². The van der Waals surface area contributed by atoms with Crippen molar-refractivity contribution in [3.63, 3.8) is 0 Å². The number of phenolic OH excluding ortho intramolecular Hbond substituents is 1. The molecule has 45 heavy (non-hydrogen) atoms. The molecule has 0 unspecified atom stereocenters. The smallest absolute Gasteiger partial charge is 0.229 e. The molecule has 1 aliphatic heterocycles. The minimum Gasteiger partial charge on any atom is -0.507 e. The fourth-order valence-corrected chi connectivity index (χ4v) is 6.96. The molecule has 0 amide bonds. The summed E-state index contributed by atoms with van der Waals surface area (Å²) in [5.41, 5.74) is 3.49. The van der Waals surface area contributed by atoms with Gasteiger partial charge < -0.3 is 55.1 Å². The molecule has 11 nitrogen and oxygen atoms in total. The van der Waals surface area contributed by atoms with Crippen LogP contribution in [-0.4, -0.2) is 109 Å². The number of hydrogen-bond acceptors (Lipinski definition) is 11. The molecule has 4 rings (SSSR count). The number of aliphatic hydroxyl groups excluding tert-OH is 7. The fourth-order valence-electron chi connectivity index (χ4n) is 6.96. The number of aryl methyl sites for hydroxylation is 1. The Balaban J connectivity index is 1.69. The van der Waals surface area contributed by atoms with Crippen molar-refractivity contribution in [1.82, 2.24) is 0 Å². The van der Waals surface area contributed by atoms with Crippen molar-refractivity contribution in [3.05, 3.63) is 47.1 Å². The second kappa shape index (κ2) is 15.7. The standard InChI is InChI=1S/C34H52O11/c1-5-6-7-8-19-12-23(37)27(22-11-18(4)9-10-21(22)17(2)3)24(13-19)44-34-32(42)33(30(40)26(16-36)45-34)43-25-14-20(15-35)28(38)31(41)29(25)39/h11-13,20-22,25-26,28-42H,2,5-10,14-16H2,1,3-4H3/t20-,21+,22-,25-,26-,28-,29+,30-,31+,32-,33+,34-/m1/s1. The lowest BCUT2D eigenvalue weighted by Gasteiger charge is -2.46. The highest BCUT2D eigenvalue weighted by atomic mass is 16.7. The third kappa shape index (κ3) is 7.91. The second-order valence-electron chi connectivity index (χ2n) is 13.1. The van der Waals surface area contributed by atoms with Crippen LogP contribution in [0.5, 0.6) is 11.5 Å². The Labute approximate surface area is 265 Å². The van der Waals surface area contributed by atoms with E-state index in [-0.39, 0.29) is 29.8 Å². The van der Waals surface area contributed by atoms with E-state index in [4.69, 9.17) is 14.2 Å². The molecule has 0 radical (unpaired) electrons. The molecule has 1 heterocycles. The molecule has 0 spiro atoms. The number of hydrogen-bond donors (Lipinski definition) is 8. The summed E-state index contributed by atoms with van der Waals surface area (Å²) < 4.78 is 18.2. The van der Waals surface area contributed by atoms with Gasteiger partial charge in [-0.25, -0.2) is 0 Å². The van der Waals surface area contributed by atoms with Crippen molar-refractivity contribution >= 4 is 0 Å². The summed E-state index contributed by atoms with van der Waals surface area (Å²) in [7, 11) is 0. The Bertz CT molecular complexity index is 1170. The van der Waals surface area contributed by atoms with Gasteiger partial charge in [-0.2, -0.15) is 0 Å². The summed E-state index contributed by atoms with van der Waals surface area (Å²) in [6.45, 7) is 9.19. The van der Waals surface area contributed by atoms with Crippen LogP contribution in [0.15, 0.2) is 35.9 Å². The number of rotatable bonds is 12. The van der Waals surface area contributed by atoms with Gasteiger partial charge in [0.15, 0.2) is 0 Å². The quantitative estimate of drug-likeness (QED) is 0.123. The number of unbranched alkanes of at least 4 members (excludes halogenated alkanes) is 2. The molecule has 11 heteroatoms. The number of ether oxygens (including phenoxy) is 3. The summed E-state index contributed by atoms with van der Waals surface area (Å²) in [5, 5.41) is 84.9. The van der Waals surface area contributed by atoms with Gasteiger partial charge >= 0.3 is 0 Å². The van der Waals surface area contributed by atoms with Crippen LogP contribution in [0.3, 0.4) is 0 Å². The first-order chi connectivity index (χ1) is 21.4. The number of aromatic hydroxyl groups is 1. The van der Waals surface area contributed by atoms with Gasteiger partial charge in [-0.15, -0.1) is 0 Å². The van der Waals surface area contributed by atoms with E-state index >= 15 is 0 Å². The van der Waals surface area contributed by atoms with Crippen molar-refractivity contribution < 1.29 is 55.1 Å². The molecule has 0 aromatic heterocycles. The molecule has 12 atom stereocenters. The predicted molar refractivity (Wildman–Crippen MR) is 166 cm³/mol. The summed E-state index contributed by atoms with van der Waals surface area (Å²) in [4.78, 5) is 0. The average molecular weight is 637 g/mol. The summed E-state index contributed by atoms with van der Waals surface area (Å²) in [5.74, 6) is -0.703. The average Bonchev–Trinajstić information content (AvgIpc) is 3.00. The zero-order valence-electron chi connectivity index (χ0n) is 26.5. The first-order valence-corrected chi connectivity index (χ1v) is 16.2. The summed E-state index contributed by atoms with van der Waals surface area (Å²) >= 11 is 0. The molecular formula is C34H52O11.